The van der Waals surface area contributed by atoms with Gasteiger partial charge in [0.1, 0.15) is 0 Å². The smallest absolute Gasteiger partial charge is 0.330 e. The third-order valence-electron chi connectivity index (χ3n) is 4.47. The molecular weight excluding hydrogens is 434 g/mol. The van der Waals surface area contributed by atoms with Crippen LogP contribution in [0.25, 0.3) is 0 Å². The van der Waals surface area contributed by atoms with E-state index in [4.69, 9.17) is 4.55 Å². The van der Waals surface area contributed by atoms with Crippen molar-refractivity contribution >= 4 is 45.4 Å². The first kappa shape index (κ1) is 22.1. The zero-order valence-corrected chi connectivity index (χ0v) is 16.7. The molecule has 3 rings (SSSR count). The van der Waals surface area contributed by atoms with Gasteiger partial charge in [0.05, 0.1) is 12.1 Å². The summed E-state index contributed by atoms with van der Waals surface area (Å²) < 4.78 is 31.1. The number of carbonyl (C=O) groups excluding carboxylic acids is 5. The third kappa shape index (κ3) is 5.13. The van der Waals surface area contributed by atoms with Gasteiger partial charge in [0.15, 0.2) is 5.25 Å². The molecule has 1 unspecified atom stereocenters. The van der Waals surface area contributed by atoms with Crippen molar-refractivity contribution < 1.29 is 41.8 Å². The number of nitrogens with zero attached hydrogens (tertiary/aromatic N) is 2. The van der Waals surface area contributed by atoms with Crippen LogP contribution in [0.15, 0.2) is 36.4 Å². The molecule has 0 radical (unpaired) electrons. The van der Waals surface area contributed by atoms with Crippen LogP contribution in [0, 0.1) is 0 Å². The predicted molar refractivity (Wildman–Crippen MR) is 102 cm³/mol. The second-order valence-corrected chi connectivity index (χ2v) is 8.30. The Balaban J connectivity index is 1.45. The van der Waals surface area contributed by atoms with Crippen molar-refractivity contribution in [2.75, 3.05) is 5.43 Å². The number of rotatable bonds is 8. The zero-order valence-electron chi connectivity index (χ0n) is 15.9. The van der Waals surface area contributed by atoms with E-state index in [9.17, 15) is 32.4 Å². The Morgan fingerprint density at radius 2 is 1.71 bits per heavy atom. The summed E-state index contributed by atoms with van der Waals surface area (Å²) in [7, 11) is -4.78. The van der Waals surface area contributed by atoms with Crippen molar-refractivity contribution in [1.29, 1.82) is 0 Å². The molecule has 31 heavy (non-hydrogen) atoms. The molecule has 2 aliphatic rings. The summed E-state index contributed by atoms with van der Waals surface area (Å²) >= 11 is 0. The number of hydroxylamine groups is 2. The van der Waals surface area contributed by atoms with Crippen LogP contribution in [-0.4, -0.2) is 57.9 Å². The summed E-state index contributed by atoms with van der Waals surface area (Å²) in [6.07, 6.45) is 2.08. The molecule has 1 aromatic rings. The SMILES string of the molecule is O=C(CCCc1ccc(NN2C(=O)C=CC2=O)cc1)ON1C(=O)CC(S(=O)(=O)O)C1=O. The number of benzene rings is 1. The molecule has 1 atom stereocenters. The lowest BCUT2D eigenvalue weighted by Gasteiger charge is -2.16. The van der Waals surface area contributed by atoms with Crippen LogP contribution in [0.3, 0.4) is 0 Å². The van der Waals surface area contributed by atoms with Gasteiger partial charge in [0, 0.05) is 18.6 Å². The van der Waals surface area contributed by atoms with E-state index in [1.807, 2.05) is 0 Å². The van der Waals surface area contributed by atoms with Gasteiger partial charge < -0.3 is 4.84 Å². The molecule has 164 valence electrons. The van der Waals surface area contributed by atoms with Gasteiger partial charge in [-0.3, -0.25) is 29.2 Å². The molecule has 0 saturated carbocycles. The van der Waals surface area contributed by atoms with Crippen molar-refractivity contribution in [3.8, 4) is 0 Å². The topological polar surface area (TPSA) is 167 Å². The van der Waals surface area contributed by atoms with Crippen molar-refractivity contribution in [2.45, 2.75) is 30.9 Å². The van der Waals surface area contributed by atoms with Crippen LogP contribution in [0.4, 0.5) is 5.69 Å². The highest BCUT2D eigenvalue weighted by atomic mass is 32.2. The first-order valence-electron chi connectivity index (χ1n) is 9.02. The van der Waals surface area contributed by atoms with E-state index in [1.54, 1.807) is 24.3 Å². The van der Waals surface area contributed by atoms with Crippen molar-refractivity contribution in [2.24, 2.45) is 0 Å². The molecule has 2 N–H and O–H groups in total. The predicted octanol–water partition coefficient (Wildman–Crippen LogP) is -0.265. The molecule has 0 aliphatic carbocycles. The van der Waals surface area contributed by atoms with E-state index in [0.717, 1.165) is 22.7 Å². The molecule has 0 spiro atoms. The van der Waals surface area contributed by atoms with Gasteiger partial charge in [-0.25, -0.2) is 4.79 Å². The lowest BCUT2D eigenvalue weighted by Crippen LogP contribution is -2.36. The minimum absolute atomic E-state index is 0.0665. The molecular formula is C18H17N3O9S. The third-order valence-corrected chi connectivity index (χ3v) is 5.55. The first-order chi connectivity index (χ1) is 14.6. The highest BCUT2D eigenvalue weighted by molar-refractivity contribution is 7.87. The fourth-order valence-corrected chi connectivity index (χ4v) is 3.58. The normalized spacial score (nSPS) is 18.8. The Morgan fingerprint density at radius 1 is 1.10 bits per heavy atom. The van der Waals surface area contributed by atoms with Crippen LogP contribution in [0.2, 0.25) is 0 Å². The maximum Gasteiger partial charge on any atom is 0.333 e. The van der Waals surface area contributed by atoms with Gasteiger partial charge >= 0.3 is 5.97 Å². The minimum Gasteiger partial charge on any atom is -0.330 e. The summed E-state index contributed by atoms with van der Waals surface area (Å²) in [4.78, 5) is 63.0. The van der Waals surface area contributed by atoms with Crippen LogP contribution in [-0.2, 0) is 45.3 Å². The number of amides is 4. The summed E-state index contributed by atoms with van der Waals surface area (Å²) in [5.74, 6) is -4.21. The quantitative estimate of drug-likeness (QED) is 0.397. The van der Waals surface area contributed by atoms with Crippen LogP contribution in [0.5, 0.6) is 0 Å². The molecule has 1 aromatic carbocycles. The lowest BCUT2D eigenvalue weighted by atomic mass is 10.1. The van der Waals surface area contributed by atoms with Gasteiger partial charge in [-0.2, -0.15) is 13.4 Å². The van der Waals surface area contributed by atoms with Crippen LogP contribution < -0.4 is 5.43 Å². The second-order valence-electron chi connectivity index (χ2n) is 6.70. The molecule has 2 heterocycles. The standard InChI is InChI=1S/C18H17N3O9S/c22-14-8-9-15(23)20(14)19-12-6-4-11(5-7-12)2-1-3-17(25)30-21-16(24)10-13(18(21)26)31(27,28)29/h4-9,13,19H,1-3,10H2,(H,27,28,29). The molecule has 4 amide bonds. The molecule has 0 bridgehead atoms. The lowest BCUT2D eigenvalue weighted by molar-refractivity contribution is -0.197. The summed E-state index contributed by atoms with van der Waals surface area (Å²) in [6, 6.07) is 6.72. The highest BCUT2D eigenvalue weighted by Gasteiger charge is 2.48. The fourth-order valence-electron chi connectivity index (χ4n) is 2.88. The summed E-state index contributed by atoms with van der Waals surface area (Å²) in [6.45, 7) is 0. The van der Waals surface area contributed by atoms with Gasteiger partial charge in [-0.1, -0.05) is 12.1 Å². The van der Waals surface area contributed by atoms with Crippen molar-refractivity contribution in [3.05, 3.63) is 42.0 Å². The molecule has 12 nitrogen and oxygen atoms in total. The maximum absolute atomic E-state index is 11.9. The number of nitrogens with one attached hydrogen (secondary N) is 1. The number of anilines is 1. The monoisotopic (exact) mass is 451 g/mol. The van der Waals surface area contributed by atoms with E-state index in [0.29, 0.717) is 18.5 Å². The Labute approximate surface area is 176 Å². The van der Waals surface area contributed by atoms with Crippen LogP contribution >= 0.6 is 0 Å². The number of carbonyl (C=O) groups is 5. The van der Waals surface area contributed by atoms with Gasteiger partial charge in [0.2, 0.25) is 0 Å². The Bertz CT molecular complexity index is 1060. The van der Waals surface area contributed by atoms with E-state index in [-0.39, 0.29) is 11.5 Å². The number of aryl methyl sites for hydroxylation is 1. The number of imide groups is 2. The van der Waals surface area contributed by atoms with Crippen LogP contribution in [0.1, 0.15) is 24.8 Å². The number of hydrogen-bond acceptors (Lipinski definition) is 9. The average Bonchev–Trinajstić information content (AvgIpc) is 3.17. The first-order valence-corrected chi connectivity index (χ1v) is 10.5. The van der Waals surface area contributed by atoms with Gasteiger partial charge in [-0.05, 0) is 30.5 Å². The molecule has 1 fully saturated rings. The van der Waals surface area contributed by atoms with Gasteiger partial charge in [-0.15, -0.1) is 5.06 Å². The molecule has 0 aromatic heterocycles. The van der Waals surface area contributed by atoms with E-state index in [1.165, 1.54) is 0 Å². The summed E-state index contributed by atoms with van der Waals surface area (Å²) in [5, 5.41) is -1.04. The Hall–Kier alpha value is -3.58. The largest absolute Gasteiger partial charge is 0.333 e. The zero-order chi connectivity index (χ0) is 22.8. The Kier molecular flexibility index (Phi) is 6.17. The van der Waals surface area contributed by atoms with Crippen molar-refractivity contribution in [3.63, 3.8) is 0 Å². The fraction of sp³-hybridized carbons (Fsp3) is 0.278. The molecule has 2 aliphatic heterocycles. The minimum atomic E-state index is -4.78. The average molecular weight is 451 g/mol. The molecule has 13 heteroatoms. The number of hydrazine groups is 1. The van der Waals surface area contributed by atoms with Crippen molar-refractivity contribution in [1.82, 2.24) is 10.1 Å². The van der Waals surface area contributed by atoms with E-state index in [2.05, 4.69) is 10.3 Å². The second kappa shape index (κ2) is 8.65. The highest BCUT2D eigenvalue weighted by Crippen LogP contribution is 2.20. The molecule has 1 saturated heterocycles. The summed E-state index contributed by atoms with van der Waals surface area (Å²) in [5.41, 5.74) is 4.01. The van der Waals surface area contributed by atoms with E-state index >= 15 is 0 Å². The number of hydrogen-bond donors (Lipinski definition) is 2. The Morgan fingerprint density at radius 3 is 2.26 bits per heavy atom. The van der Waals surface area contributed by atoms with Gasteiger partial charge in [0.25, 0.3) is 33.7 Å². The maximum atomic E-state index is 11.9. The van der Waals surface area contributed by atoms with E-state index < -0.39 is 51.4 Å².